The van der Waals surface area contributed by atoms with Crippen LogP contribution in [-0.2, 0) is 13.0 Å². The molecule has 0 bridgehead atoms. The molecule has 2 rings (SSSR count). The molecular formula is C13H19N3S. The largest absolute Gasteiger partial charge is 0.330 e. The average Bonchev–Trinajstić information content (AvgIpc) is 3.00. The van der Waals surface area contributed by atoms with Crippen molar-refractivity contribution in [3.8, 4) is 12.3 Å². The minimum atomic E-state index is 0.670. The highest BCUT2D eigenvalue weighted by Crippen LogP contribution is 2.30. The number of rotatable bonds is 7. The molecule has 1 aliphatic rings. The van der Waals surface area contributed by atoms with Crippen molar-refractivity contribution in [1.29, 1.82) is 0 Å². The maximum absolute atomic E-state index is 5.52. The molecule has 1 aliphatic carbocycles. The summed E-state index contributed by atoms with van der Waals surface area (Å²) in [7, 11) is 0. The zero-order valence-electron chi connectivity index (χ0n) is 10.1. The van der Waals surface area contributed by atoms with Gasteiger partial charge in [0.25, 0.3) is 0 Å². The zero-order chi connectivity index (χ0) is 12.1. The molecule has 0 unspecified atom stereocenters. The van der Waals surface area contributed by atoms with E-state index in [0.29, 0.717) is 6.54 Å². The summed E-state index contributed by atoms with van der Waals surface area (Å²) in [6.45, 7) is 3.39. The first-order valence-electron chi connectivity index (χ1n) is 6.11. The van der Waals surface area contributed by atoms with E-state index < -0.39 is 0 Å². The third-order valence-electron chi connectivity index (χ3n) is 2.87. The van der Waals surface area contributed by atoms with E-state index in [1.54, 1.807) is 11.3 Å². The fourth-order valence-electron chi connectivity index (χ4n) is 1.87. The summed E-state index contributed by atoms with van der Waals surface area (Å²) < 4.78 is 0. The first-order valence-corrected chi connectivity index (χ1v) is 6.99. The Labute approximate surface area is 107 Å². The van der Waals surface area contributed by atoms with E-state index in [1.807, 2.05) is 0 Å². The maximum Gasteiger partial charge on any atom is 0.0941 e. The van der Waals surface area contributed by atoms with Crippen LogP contribution in [0.5, 0.6) is 0 Å². The summed E-state index contributed by atoms with van der Waals surface area (Å²) in [4.78, 5) is 6.90. The monoisotopic (exact) mass is 249 g/mol. The molecule has 1 heterocycles. The predicted molar refractivity (Wildman–Crippen MR) is 71.7 cm³/mol. The zero-order valence-corrected chi connectivity index (χ0v) is 10.9. The van der Waals surface area contributed by atoms with Gasteiger partial charge in [0.05, 0.1) is 17.2 Å². The molecule has 1 saturated carbocycles. The third kappa shape index (κ3) is 4.12. The van der Waals surface area contributed by atoms with Crippen molar-refractivity contribution in [1.82, 2.24) is 9.88 Å². The van der Waals surface area contributed by atoms with Gasteiger partial charge in [-0.15, -0.1) is 17.8 Å². The second-order valence-electron chi connectivity index (χ2n) is 4.59. The molecule has 17 heavy (non-hydrogen) atoms. The van der Waals surface area contributed by atoms with Crippen molar-refractivity contribution < 1.29 is 0 Å². The molecule has 0 amide bonds. The van der Waals surface area contributed by atoms with Gasteiger partial charge in [-0.2, -0.15) is 0 Å². The highest BCUT2D eigenvalue weighted by Gasteiger charge is 2.24. The lowest BCUT2D eigenvalue weighted by molar-refractivity contribution is 0.283. The predicted octanol–water partition coefficient (Wildman–Crippen LogP) is 1.49. The second kappa shape index (κ2) is 6.15. The van der Waals surface area contributed by atoms with Crippen molar-refractivity contribution in [2.45, 2.75) is 25.8 Å². The number of hydrogen-bond acceptors (Lipinski definition) is 4. The lowest BCUT2D eigenvalue weighted by Crippen LogP contribution is -2.26. The Kier molecular flexibility index (Phi) is 4.55. The van der Waals surface area contributed by atoms with Gasteiger partial charge in [-0.3, -0.25) is 4.90 Å². The van der Waals surface area contributed by atoms with E-state index in [1.165, 1.54) is 12.8 Å². The second-order valence-corrected chi connectivity index (χ2v) is 5.53. The number of terminal acetylenes is 1. The summed E-state index contributed by atoms with van der Waals surface area (Å²) in [5, 5.41) is 3.26. The molecule has 0 aromatic carbocycles. The van der Waals surface area contributed by atoms with Crippen LogP contribution in [-0.4, -0.2) is 29.5 Å². The standard InChI is InChI=1S/C13H19N3S/c1-2-7-16(8-11-3-4-11)9-12-10-17-13(15-12)5-6-14/h1,10-11H,3-9,14H2. The Morgan fingerprint density at radius 2 is 2.41 bits per heavy atom. The molecule has 0 saturated heterocycles. The van der Waals surface area contributed by atoms with Crippen LogP contribution in [0.25, 0.3) is 0 Å². The van der Waals surface area contributed by atoms with Crippen LogP contribution in [0, 0.1) is 18.3 Å². The highest BCUT2D eigenvalue weighted by molar-refractivity contribution is 7.09. The van der Waals surface area contributed by atoms with E-state index in [2.05, 4.69) is 21.2 Å². The van der Waals surface area contributed by atoms with Gasteiger partial charge in [-0.25, -0.2) is 4.98 Å². The lowest BCUT2D eigenvalue weighted by atomic mass is 10.3. The van der Waals surface area contributed by atoms with E-state index in [4.69, 9.17) is 12.2 Å². The minimum Gasteiger partial charge on any atom is -0.330 e. The summed E-state index contributed by atoms with van der Waals surface area (Å²) in [6.07, 6.45) is 9.00. The number of nitrogens with two attached hydrogens (primary N) is 1. The van der Waals surface area contributed by atoms with Crippen molar-refractivity contribution in [3.05, 3.63) is 16.1 Å². The SMILES string of the molecule is C#CCN(Cc1csc(CCN)n1)CC1CC1. The van der Waals surface area contributed by atoms with Crippen LogP contribution < -0.4 is 5.73 Å². The minimum absolute atomic E-state index is 0.670. The van der Waals surface area contributed by atoms with Crippen LogP contribution in [0.1, 0.15) is 23.5 Å². The van der Waals surface area contributed by atoms with Gasteiger partial charge in [0.15, 0.2) is 0 Å². The van der Waals surface area contributed by atoms with Crippen molar-refractivity contribution in [2.24, 2.45) is 11.7 Å². The first-order chi connectivity index (χ1) is 8.31. The summed E-state index contributed by atoms with van der Waals surface area (Å²) in [5.74, 6) is 3.60. The van der Waals surface area contributed by atoms with Crippen LogP contribution in [0.4, 0.5) is 0 Å². The molecule has 0 radical (unpaired) electrons. The molecule has 1 aromatic rings. The Bertz CT molecular complexity index is 390. The quantitative estimate of drug-likeness (QED) is 0.745. The van der Waals surface area contributed by atoms with Gasteiger partial charge in [0.1, 0.15) is 0 Å². The van der Waals surface area contributed by atoms with Crippen LogP contribution >= 0.6 is 11.3 Å². The number of aromatic nitrogens is 1. The first kappa shape index (κ1) is 12.6. The molecule has 0 spiro atoms. The Hall–Kier alpha value is -0.890. The summed E-state index contributed by atoms with van der Waals surface area (Å²) in [5.41, 5.74) is 6.66. The summed E-state index contributed by atoms with van der Waals surface area (Å²) in [6, 6.07) is 0. The Balaban J connectivity index is 1.88. The fourth-order valence-corrected chi connectivity index (χ4v) is 2.67. The molecule has 4 heteroatoms. The van der Waals surface area contributed by atoms with Crippen LogP contribution in [0.15, 0.2) is 5.38 Å². The lowest BCUT2D eigenvalue weighted by Gasteiger charge is -2.17. The van der Waals surface area contributed by atoms with Crippen molar-refractivity contribution >= 4 is 11.3 Å². The normalized spacial score (nSPS) is 15.1. The molecule has 3 nitrogen and oxygen atoms in total. The van der Waals surface area contributed by atoms with Gasteiger partial charge in [0, 0.05) is 24.9 Å². The van der Waals surface area contributed by atoms with Gasteiger partial charge < -0.3 is 5.73 Å². The summed E-state index contributed by atoms with van der Waals surface area (Å²) >= 11 is 1.70. The van der Waals surface area contributed by atoms with E-state index >= 15 is 0 Å². The fraction of sp³-hybridized carbons (Fsp3) is 0.615. The highest BCUT2D eigenvalue weighted by atomic mass is 32.1. The molecule has 1 fully saturated rings. The van der Waals surface area contributed by atoms with Gasteiger partial charge in [-0.05, 0) is 25.3 Å². The van der Waals surface area contributed by atoms with E-state index in [9.17, 15) is 0 Å². The van der Waals surface area contributed by atoms with Crippen molar-refractivity contribution in [2.75, 3.05) is 19.6 Å². The molecule has 92 valence electrons. The van der Waals surface area contributed by atoms with Crippen molar-refractivity contribution in [3.63, 3.8) is 0 Å². The molecule has 1 aromatic heterocycles. The van der Waals surface area contributed by atoms with E-state index in [-0.39, 0.29) is 0 Å². The Morgan fingerprint density at radius 1 is 1.59 bits per heavy atom. The number of nitrogens with zero attached hydrogens (tertiary/aromatic N) is 2. The van der Waals surface area contributed by atoms with Gasteiger partial charge in [-0.1, -0.05) is 5.92 Å². The Morgan fingerprint density at radius 3 is 3.06 bits per heavy atom. The van der Waals surface area contributed by atoms with Crippen LogP contribution in [0.2, 0.25) is 0 Å². The molecule has 0 atom stereocenters. The maximum atomic E-state index is 5.52. The molecule has 2 N–H and O–H groups in total. The van der Waals surface area contributed by atoms with Gasteiger partial charge >= 0.3 is 0 Å². The number of thiazole rings is 1. The smallest absolute Gasteiger partial charge is 0.0941 e. The number of hydrogen-bond donors (Lipinski definition) is 1. The molecular weight excluding hydrogens is 230 g/mol. The van der Waals surface area contributed by atoms with Gasteiger partial charge in [0.2, 0.25) is 0 Å². The van der Waals surface area contributed by atoms with Crippen LogP contribution in [0.3, 0.4) is 0 Å². The average molecular weight is 249 g/mol. The topological polar surface area (TPSA) is 42.1 Å². The molecule has 0 aliphatic heterocycles. The van der Waals surface area contributed by atoms with E-state index in [0.717, 1.165) is 42.7 Å². The third-order valence-corrected chi connectivity index (χ3v) is 3.83.